The van der Waals surface area contributed by atoms with Gasteiger partial charge < -0.3 is 10.6 Å². The molecule has 3 nitrogen and oxygen atoms in total. The summed E-state index contributed by atoms with van der Waals surface area (Å²) in [5.41, 5.74) is 0. The summed E-state index contributed by atoms with van der Waals surface area (Å²) >= 11 is 1.56. The number of carbonyl (C=O) groups excluding carboxylic acids is 1. The molecule has 0 aromatic carbocycles. The predicted molar refractivity (Wildman–Crippen MR) is 67.0 cm³/mol. The van der Waals surface area contributed by atoms with Gasteiger partial charge in [0.2, 0.25) is 0 Å². The van der Waals surface area contributed by atoms with E-state index in [9.17, 15) is 4.79 Å². The van der Waals surface area contributed by atoms with Gasteiger partial charge in [-0.1, -0.05) is 0 Å². The largest absolute Gasteiger partial charge is 0.349 e. The SMILES string of the molecule is Cc1ccc(C(=O)NC2CCCNCC2)s1. The Kier molecular flexibility index (Phi) is 3.96. The van der Waals surface area contributed by atoms with E-state index < -0.39 is 0 Å². The standard InChI is InChI=1S/C12H18N2OS/c1-9-4-5-11(16-9)12(15)14-10-3-2-7-13-8-6-10/h4-5,10,13H,2-3,6-8H2,1H3,(H,14,15). The predicted octanol–water partition coefficient (Wildman–Crippen LogP) is 1.93. The molecule has 1 aliphatic rings. The first-order valence-corrected chi connectivity index (χ1v) is 6.65. The first-order valence-electron chi connectivity index (χ1n) is 5.84. The van der Waals surface area contributed by atoms with Gasteiger partial charge in [-0.2, -0.15) is 0 Å². The number of hydrogen-bond donors (Lipinski definition) is 2. The number of hydrogen-bond acceptors (Lipinski definition) is 3. The molecule has 16 heavy (non-hydrogen) atoms. The molecule has 4 heteroatoms. The van der Waals surface area contributed by atoms with Gasteiger partial charge in [0.1, 0.15) is 0 Å². The van der Waals surface area contributed by atoms with Crippen LogP contribution in [-0.4, -0.2) is 25.0 Å². The van der Waals surface area contributed by atoms with E-state index in [1.54, 1.807) is 11.3 Å². The zero-order chi connectivity index (χ0) is 11.4. The van der Waals surface area contributed by atoms with Crippen LogP contribution in [-0.2, 0) is 0 Å². The van der Waals surface area contributed by atoms with E-state index in [0.717, 1.165) is 37.2 Å². The highest BCUT2D eigenvalue weighted by Gasteiger charge is 2.16. The van der Waals surface area contributed by atoms with E-state index in [2.05, 4.69) is 10.6 Å². The Morgan fingerprint density at radius 1 is 1.44 bits per heavy atom. The molecule has 1 fully saturated rings. The molecular formula is C12H18N2OS. The van der Waals surface area contributed by atoms with E-state index in [-0.39, 0.29) is 5.91 Å². The number of rotatable bonds is 2. The van der Waals surface area contributed by atoms with Crippen LogP contribution in [0.5, 0.6) is 0 Å². The van der Waals surface area contributed by atoms with E-state index in [0.29, 0.717) is 6.04 Å². The van der Waals surface area contributed by atoms with E-state index >= 15 is 0 Å². The molecule has 1 saturated heterocycles. The second kappa shape index (κ2) is 5.46. The van der Waals surface area contributed by atoms with Crippen LogP contribution in [0.1, 0.15) is 33.8 Å². The first kappa shape index (κ1) is 11.6. The lowest BCUT2D eigenvalue weighted by molar-refractivity contribution is 0.0938. The Labute approximate surface area is 100 Å². The Morgan fingerprint density at radius 2 is 2.31 bits per heavy atom. The molecule has 1 atom stereocenters. The first-order chi connectivity index (χ1) is 7.75. The molecule has 0 aliphatic carbocycles. The van der Waals surface area contributed by atoms with Crippen molar-refractivity contribution in [1.29, 1.82) is 0 Å². The number of aryl methyl sites for hydroxylation is 1. The monoisotopic (exact) mass is 238 g/mol. The maximum Gasteiger partial charge on any atom is 0.261 e. The van der Waals surface area contributed by atoms with Gasteiger partial charge in [-0.05, 0) is 51.4 Å². The zero-order valence-electron chi connectivity index (χ0n) is 9.58. The fourth-order valence-electron chi connectivity index (χ4n) is 1.98. The molecule has 2 N–H and O–H groups in total. The minimum atomic E-state index is 0.0880. The summed E-state index contributed by atoms with van der Waals surface area (Å²) < 4.78 is 0. The van der Waals surface area contributed by atoms with E-state index in [1.807, 2.05) is 19.1 Å². The Bertz CT molecular complexity index is 354. The highest BCUT2D eigenvalue weighted by atomic mass is 32.1. The van der Waals surface area contributed by atoms with Crippen molar-refractivity contribution in [2.75, 3.05) is 13.1 Å². The fraction of sp³-hybridized carbons (Fsp3) is 0.583. The zero-order valence-corrected chi connectivity index (χ0v) is 10.4. The van der Waals surface area contributed by atoms with Gasteiger partial charge >= 0.3 is 0 Å². The molecule has 1 unspecified atom stereocenters. The van der Waals surface area contributed by atoms with Crippen molar-refractivity contribution in [3.63, 3.8) is 0 Å². The lowest BCUT2D eigenvalue weighted by atomic mass is 10.1. The summed E-state index contributed by atoms with van der Waals surface area (Å²) in [5, 5.41) is 6.47. The van der Waals surface area contributed by atoms with Crippen LogP contribution in [0.15, 0.2) is 12.1 Å². The van der Waals surface area contributed by atoms with Crippen LogP contribution in [0, 0.1) is 6.92 Å². The number of carbonyl (C=O) groups is 1. The summed E-state index contributed by atoms with van der Waals surface area (Å²) in [5.74, 6) is 0.0880. The van der Waals surface area contributed by atoms with Crippen molar-refractivity contribution in [1.82, 2.24) is 10.6 Å². The second-order valence-electron chi connectivity index (χ2n) is 4.26. The van der Waals surface area contributed by atoms with Crippen molar-refractivity contribution < 1.29 is 4.79 Å². The molecule has 0 spiro atoms. The summed E-state index contributed by atoms with van der Waals surface area (Å²) in [6.07, 6.45) is 3.27. The van der Waals surface area contributed by atoms with Crippen LogP contribution >= 0.6 is 11.3 Å². The van der Waals surface area contributed by atoms with Gasteiger partial charge in [-0.3, -0.25) is 4.79 Å². The van der Waals surface area contributed by atoms with Gasteiger partial charge in [0.25, 0.3) is 5.91 Å². The van der Waals surface area contributed by atoms with Gasteiger partial charge in [0, 0.05) is 10.9 Å². The summed E-state index contributed by atoms with van der Waals surface area (Å²) in [6.45, 7) is 4.11. The van der Waals surface area contributed by atoms with Crippen LogP contribution in [0.3, 0.4) is 0 Å². The highest BCUT2D eigenvalue weighted by Crippen LogP contribution is 2.15. The van der Waals surface area contributed by atoms with Crippen molar-refractivity contribution in [3.05, 3.63) is 21.9 Å². The van der Waals surface area contributed by atoms with Crippen molar-refractivity contribution >= 4 is 17.2 Å². The average Bonchev–Trinajstić information content (AvgIpc) is 2.54. The van der Waals surface area contributed by atoms with Crippen LogP contribution < -0.4 is 10.6 Å². The molecule has 0 saturated carbocycles. The van der Waals surface area contributed by atoms with Crippen LogP contribution in [0.4, 0.5) is 0 Å². The third-order valence-electron chi connectivity index (χ3n) is 2.88. The lowest BCUT2D eigenvalue weighted by Gasteiger charge is -2.14. The second-order valence-corrected chi connectivity index (χ2v) is 5.55. The van der Waals surface area contributed by atoms with Crippen molar-refractivity contribution in [3.8, 4) is 0 Å². The Hall–Kier alpha value is -0.870. The van der Waals surface area contributed by atoms with Crippen LogP contribution in [0.2, 0.25) is 0 Å². The minimum absolute atomic E-state index is 0.0880. The lowest BCUT2D eigenvalue weighted by Crippen LogP contribution is -2.34. The molecule has 88 valence electrons. The van der Waals surface area contributed by atoms with Crippen molar-refractivity contribution in [2.45, 2.75) is 32.2 Å². The minimum Gasteiger partial charge on any atom is -0.349 e. The number of amides is 1. The Balaban J connectivity index is 1.90. The Morgan fingerprint density at radius 3 is 3.06 bits per heavy atom. The molecule has 1 amide bonds. The van der Waals surface area contributed by atoms with Crippen LogP contribution in [0.25, 0.3) is 0 Å². The molecule has 0 bridgehead atoms. The van der Waals surface area contributed by atoms with E-state index in [4.69, 9.17) is 0 Å². The molecule has 1 aromatic rings. The molecule has 0 radical (unpaired) electrons. The van der Waals surface area contributed by atoms with Crippen molar-refractivity contribution in [2.24, 2.45) is 0 Å². The maximum absolute atomic E-state index is 11.9. The molecule has 1 aliphatic heterocycles. The smallest absolute Gasteiger partial charge is 0.261 e. The molecule has 2 rings (SSSR count). The van der Waals surface area contributed by atoms with Gasteiger partial charge in [-0.25, -0.2) is 0 Å². The summed E-state index contributed by atoms with van der Waals surface area (Å²) in [6, 6.07) is 4.24. The molecular weight excluding hydrogens is 220 g/mol. The number of thiophene rings is 1. The number of nitrogens with one attached hydrogen (secondary N) is 2. The van der Waals surface area contributed by atoms with E-state index in [1.165, 1.54) is 4.88 Å². The fourth-order valence-corrected chi connectivity index (χ4v) is 2.75. The highest BCUT2D eigenvalue weighted by molar-refractivity contribution is 7.13. The topological polar surface area (TPSA) is 41.1 Å². The average molecular weight is 238 g/mol. The summed E-state index contributed by atoms with van der Waals surface area (Å²) in [7, 11) is 0. The third-order valence-corrected chi connectivity index (χ3v) is 3.87. The van der Waals surface area contributed by atoms with Gasteiger partial charge in [-0.15, -0.1) is 11.3 Å². The maximum atomic E-state index is 11.9. The van der Waals surface area contributed by atoms with Gasteiger partial charge in [0.05, 0.1) is 4.88 Å². The molecule has 2 heterocycles. The summed E-state index contributed by atoms with van der Waals surface area (Å²) in [4.78, 5) is 13.9. The normalized spacial score (nSPS) is 21.4. The van der Waals surface area contributed by atoms with Gasteiger partial charge in [0.15, 0.2) is 0 Å². The quantitative estimate of drug-likeness (QED) is 0.826. The third kappa shape index (κ3) is 3.06. The molecule has 1 aromatic heterocycles.